The zero-order valence-electron chi connectivity index (χ0n) is 16.3. The van der Waals surface area contributed by atoms with E-state index in [4.69, 9.17) is 0 Å². The summed E-state index contributed by atoms with van der Waals surface area (Å²) < 4.78 is 0. The first-order valence-corrected chi connectivity index (χ1v) is 9.59. The number of likely N-dealkylation sites (tertiary alicyclic amines) is 1. The monoisotopic (exact) mass is 397 g/mol. The number of imide groups is 1. The molecule has 0 aromatic heterocycles. The highest BCUT2D eigenvalue weighted by atomic mass is 16.3. The molecule has 152 valence electrons. The lowest BCUT2D eigenvalue weighted by atomic mass is 9.79. The minimum absolute atomic E-state index is 0.00782. The van der Waals surface area contributed by atoms with E-state index < -0.39 is 35.2 Å². The lowest BCUT2D eigenvalue weighted by Crippen LogP contribution is -2.68. The van der Waals surface area contributed by atoms with Gasteiger partial charge in [0.15, 0.2) is 0 Å². The smallest absolute Gasteiger partial charge is 0.249 e. The quantitative estimate of drug-likeness (QED) is 0.706. The van der Waals surface area contributed by atoms with Crippen LogP contribution >= 0.6 is 0 Å². The fraction of sp³-hybridized carbons (Fsp3) is 0.429. The lowest BCUT2D eigenvalue weighted by Gasteiger charge is -2.46. The van der Waals surface area contributed by atoms with Gasteiger partial charge in [0, 0.05) is 13.6 Å². The normalized spacial score (nSPS) is 31.8. The Hall–Kier alpha value is -3.00. The summed E-state index contributed by atoms with van der Waals surface area (Å²) in [5.41, 5.74) is -0.571. The molecule has 1 N–H and O–H groups in total. The van der Waals surface area contributed by atoms with Gasteiger partial charge in [-0.15, -0.1) is 0 Å². The largest absolute Gasteiger partial charge is 0.395 e. The van der Waals surface area contributed by atoms with Gasteiger partial charge in [-0.25, -0.2) is 0 Å². The maximum atomic E-state index is 13.3. The van der Waals surface area contributed by atoms with Gasteiger partial charge in [-0.05, 0) is 12.5 Å². The number of amides is 4. The number of hydrogen-bond donors (Lipinski definition) is 1. The van der Waals surface area contributed by atoms with Crippen LogP contribution in [0.25, 0.3) is 6.08 Å². The second-order valence-electron chi connectivity index (χ2n) is 7.86. The van der Waals surface area contributed by atoms with Crippen molar-refractivity contribution in [2.75, 3.05) is 26.7 Å². The van der Waals surface area contributed by atoms with Crippen LogP contribution in [-0.2, 0) is 19.2 Å². The van der Waals surface area contributed by atoms with Crippen LogP contribution in [0.3, 0.4) is 0 Å². The van der Waals surface area contributed by atoms with Crippen LogP contribution in [-0.4, -0.2) is 81.8 Å². The van der Waals surface area contributed by atoms with Crippen molar-refractivity contribution in [3.05, 3.63) is 42.0 Å². The molecule has 1 aromatic carbocycles. The molecule has 3 heterocycles. The van der Waals surface area contributed by atoms with Crippen LogP contribution < -0.4 is 0 Å². The van der Waals surface area contributed by atoms with Gasteiger partial charge in [0.25, 0.3) is 0 Å². The molecule has 0 radical (unpaired) electrons. The maximum Gasteiger partial charge on any atom is 0.249 e. The summed E-state index contributed by atoms with van der Waals surface area (Å²) >= 11 is 0. The average molecular weight is 397 g/mol. The van der Waals surface area contributed by atoms with Crippen LogP contribution in [0.2, 0.25) is 0 Å². The number of benzene rings is 1. The summed E-state index contributed by atoms with van der Waals surface area (Å²) in [6, 6.07) is 8.73. The summed E-state index contributed by atoms with van der Waals surface area (Å²) in [5, 5.41) is 9.27. The Labute approximate surface area is 168 Å². The molecule has 0 saturated carbocycles. The zero-order valence-corrected chi connectivity index (χ0v) is 16.3. The van der Waals surface area contributed by atoms with Crippen LogP contribution in [0.15, 0.2) is 36.4 Å². The van der Waals surface area contributed by atoms with Gasteiger partial charge in [0.2, 0.25) is 23.6 Å². The predicted octanol–water partition coefficient (Wildman–Crippen LogP) is -0.265. The molecule has 0 bridgehead atoms. The van der Waals surface area contributed by atoms with Gasteiger partial charge in [0.1, 0.15) is 5.54 Å². The Morgan fingerprint density at radius 2 is 1.83 bits per heavy atom. The van der Waals surface area contributed by atoms with Gasteiger partial charge in [-0.1, -0.05) is 42.5 Å². The second kappa shape index (κ2) is 6.81. The van der Waals surface area contributed by atoms with Gasteiger partial charge in [0.05, 0.1) is 31.0 Å². The first-order valence-electron chi connectivity index (χ1n) is 9.59. The molecule has 29 heavy (non-hydrogen) atoms. The zero-order chi connectivity index (χ0) is 20.9. The summed E-state index contributed by atoms with van der Waals surface area (Å²) in [6.07, 6.45) is 3.55. The van der Waals surface area contributed by atoms with Crippen molar-refractivity contribution in [2.45, 2.75) is 18.5 Å². The Morgan fingerprint density at radius 1 is 1.14 bits per heavy atom. The number of carbonyl (C=O) groups is 4. The number of piperazine rings is 1. The Morgan fingerprint density at radius 3 is 2.48 bits per heavy atom. The van der Waals surface area contributed by atoms with Crippen LogP contribution in [0.1, 0.15) is 12.5 Å². The highest BCUT2D eigenvalue weighted by Crippen LogP contribution is 2.51. The van der Waals surface area contributed by atoms with Crippen molar-refractivity contribution in [2.24, 2.45) is 11.8 Å². The van der Waals surface area contributed by atoms with Crippen LogP contribution in [0.5, 0.6) is 0 Å². The molecule has 8 nitrogen and oxygen atoms in total. The van der Waals surface area contributed by atoms with E-state index in [0.29, 0.717) is 0 Å². The third-order valence-electron chi connectivity index (χ3n) is 6.31. The number of carbonyl (C=O) groups excluding carboxylic acids is 4. The van der Waals surface area contributed by atoms with E-state index in [0.717, 1.165) is 10.5 Å². The lowest BCUT2D eigenvalue weighted by molar-refractivity contribution is -0.166. The molecule has 3 saturated heterocycles. The molecule has 0 spiro atoms. The van der Waals surface area contributed by atoms with Crippen LogP contribution in [0.4, 0.5) is 0 Å². The number of rotatable bonds is 4. The third kappa shape index (κ3) is 2.62. The molecule has 4 atom stereocenters. The summed E-state index contributed by atoms with van der Waals surface area (Å²) in [4.78, 5) is 55.9. The van der Waals surface area contributed by atoms with E-state index in [1.54, 1.807) is 19.1 Å². The third-order valence-corrected chi connectivity index (χ3v) is 6.31. The molecule has 3 aliphatic heterocycles. The predicted molar refractivity (Wildman–Crippen MR) is 103 cm³/mol. The van der Waals surface area contributed by atoms with Crippen molar-refractivity contribution < 1.29 is 24.3 Å². The number of β-amino-alcohol motifs (C(OH)–C–C–N with tert-alkyl or cyclic N) is 1. The van der Waals surface area contributed by atoms with E-state index in [1.165, 1.54) is 16.8 Å². The van der Waals surface area contributed by atoms with E-state index in [2.05, 4.69) is 0 Å². The summed E-state index contributed by atoms with van der Waals surface area (Å²) in [5.74, 6) is -3.32. The molecular weight excluding hydrogens is 374 g/mol. The highest BCUT2D eigenvalue weighted by Gasteiger charge is 2.71. The second-order valence-corrected chi connectivity index (χ2v) is 7.86. The number of nitrogens with zero attached hydrogens (tertiary/aromatic N) is 3. The number of fused-ring (bicyclic) bond motifs is 3. The number of aliphatic hydroxyl groups excluding tert-OH is 1. The van der Waals surface area contributed by atoms with Crippen molar-refractivity contribution in [3.8, 4) is 0 Å². The SMILES string of the molecule is CN1C(=O)C2C(C=Cc3ccccc3)N3C(=O)CN(CCO)C(=O)[C@@]3(C)C2C1=O. The Bertz CT molecular complexity index is 914. The van der Waals surface area contributed by atoms with Crippen molar-refractivity contribution in [1.82, 2.24) is 14.7 Å². The van der Waals surface area contributed by atoms with E-state index in [9.17, 15) is 24.3 Å². The minimum atomic E-state index is -1.46. The molecule has 3 fully saturated rings. The molecule has 0 aliphatic carbocycles. The topological polar surface area (TPSA) is 98.2 Å². The van der Waals surface area contributed by atoms with Crippen molar-refractivity contribution in [3.63, 3.8) is 0 Å². The fourth-order valence-corrected chi connectivity index (χ4v) is 4.96. The van der Waals surface area contributed by atoms with E-state index in [-0.39, 0.29) is 31.5 Å². The van der Waals surface area contributed by atoms with Crippen molar-refractivity contribution in [1.29, 1.82) is 0 Å². The van der Waals surface area contributed by atoms with Crippen molar-refractivity contribution >= 4 is 29.7 Å². The van der Waals surface area contributed by atoms with Gasteiger partial charge in [-0.2, -0.15) is 0 Å². The van der Waals surface area contributed by atoms with Crippen LogP contribution in [0, 0.1) is 11.8 Å². The average Bonchev–Trinajstić information content (AvgIpc) is 3.11. The molecule has 3 aliphatic rings. The Kier molecular flexibility index (Phi) is 4.53. The molecule has 4 amide bonds. The molecule has 8 heteroatoms. The molecular formula is C21H23N3O5. The first kappa shape index (κ1) is 19.3. The standard InChI is InChI=1S/C21H23N3O5/c1-21-17-16(18(27)22(2)19(17)28)14(9-8-13-6-4-3-5-7-13)24(21)15(26)12-23(10-11-25)20(21)29/h3-9,14,16-17,25H,10-12H2,1-2H3/t14?,16?,17?,21-/m1/s1. The van der Waals surface area contributed by atoms with E-state index in [1.807, 2.05) is 30.3 Å². The molecule has 1 aromatic rings. The maximum absolute atomic E-state index is 13.3. The Balaban J connectivity index is 1.81. The highest BCUT2D eigenvalue weighted by molar-refractivity contribution is 6.12. The molecule has 4 rings (SSSR count). The van der Waals surface area contributed by atoms with Gasteiger partial charge >= 0.3 is 0 Å². The summed E-state index contributed by atoms with van der Waals surface area (Å²) in [6.45, 7) is 1.11. The van der Waals surface area contributed by atoms with Gasteiger partial charge in [-0.3, -0.25) is 24.1 Å². The summed E-state index contributed by atoms with van der Waals surface area (Å²) in [7, 11) is 1.41. The first-order chi connectivity index (χ1) is 13.8. The molecule has 3 unspecified atom stereocenters. The van der Waals surface area contributed by atoms with E-state index >= 15 is 0 Å². The van der Waals surface area contributed by atoms with Gasteiger partial charge < -0.3 is 14.9 Å². The minimum Gasteiger partial charge on any atom is -0.395 e. The number of hydrogen-bond acceptors (Lipinski definition) is 5. The fourth-order valence-electron chi connectivity index (χ4n) is 4.96. The number of aliphatic hydroxyl groups is 1.